The first kappa shape index (κ1) is 28.1. The Morgan fingerprint density at radius 2 is 1.11 bits per heavy atom. The molecule has 0 spiro atoms. The predicted molar refractivity (Wildman–Crippen MR) is 200 cm³/mol. The second kappa shape index (κ2) is 10.2. The van der Waals surface area contributed by atoms with Crippen molar-refractivity contribution in [3.63, 3.8) is 0 Å². The number of hydrogen-bond acceptors (Lipinski definition) is 1. The van der Waals surface area contributed by atoms with Gasteiger partial charge in [-0.15, -0.1) is 0 Å². The molecule has 0 radical (unpaired) electrons. The molecule has 1 heteroatoms. The molecule has 0 saturated heterocycles. The molecule has 0 amide bonds. The van der Waals surface area contributed by atoms with Gasteiger partial charge in [0, 0.05) is 27.9 Å². The molecule has 228 valence electrons. The molecule has 0 N–H and O–H groups in total. The number of allylic oxidation sites excluding steroid dienone is 3. The summed E-state index contributed by atoms with van der Waals surface area (Å²) in [7, 11) is 0. The predicted octanol–water partition coefficient (Wildman–Crippen LogP) is 12.5. The molecule has 0 aromatic heterocycles. The fraction of sp³-hybridized carbons (Fsp3) is 0.174. The van der Waals surface area contributed by atoms with Crippen molar-refractivity contribution in [2.75, 3.05) is 4.90 Å². The number of hydrogen-bond donors (Lipinski definition) is 0. The molecule has 3 aliphatic rings. The smallest absolute Gasteiger partial charge is 0.0461 e. The topological polar surface area (TPSA) is 3.24 Å². The van der Waals surface area contributed by atoms with Crippen molar-refractivity contribution in [3.05, 3.63) is 168 Å². The number of para-hydroxylation sites is 1. The van der Waals surface area contributed by atoms with Crippen LogP contribution in [0.25, 0.3) is 44.2 Å². The van der Waals surface area contributed by atoms with Gasteiger partial charge in [-0.05, 0) is 128 Å². The Morgan fingerprint density at radius 3 is 1.87 bits per heavy atom. The summed E-state index contributed by atoms with van der Waals surface area (Å²) < 4.78 is 0. The zero-order valence-electron chi connectivity index (χ0n) is 27.6. The van der Waals surface area contributed by atoms with E-state index in [1.165, 1.54) is 83.5 Å². The quantitative estimate of drug-likeness (QED) is 0.193. The standard InChI is InChI=1S/C46H39N/c1-45(2)40-22-14-13-20-35(40)38-28-42-39(29-41(38)45)44-36-21-12-11-19-34(36)37(27-43(44)46(42,3)4)30-23-25-33(26-24-30)47(31-15-7-5-8-16-31)32-17-9-6-10-18-32/h5,7-9,11-29H,6,10H2,1-4H3. The van der Waals surface area contributed by atoms with E-state index in [1.807, 2.05) is 0 Å². The van der Waals surface area contributed by atoms with Crippen molar-refractivity contribution in [2.24, 2.45) is 0 Å². The second-order valence-electron chi connectivity index (χ2n) is 14.5. The molecule has 0 saturated carbocycles. The van der Waals surface area contributed by atoms with Gasteiger partial charge in [0.2, 0.25) is 0 Å². The van der Waals surface area contributed by atoms with Crippen LogP contribution in [0, 0.1) is 0 Å². The van der Waals surface area contributed by atoms with E-state index in [2.05, 4.69) is 172 Å². The Balaban J connectivity index is 1.20. The largest absolute Gasteiger partial charge is 0.311 e. The van der Waals surface area contributed by atoms with Crippen LogP contribution in [0.4, 0.5) is 11.4 Å². The van der Waals surface area contributed by atoms with E-state index in [4.69, 9.17) is 0 Å². The SMILES string of the molecule is CC1(C)c2ccccc2-c2cc3c(cc21)-c1c(cc(-c2ccc(N(C4=CCCC=C4)c4ccccc4)cc2)c2ccccc12)C3(C)C. The van der Waals surface area contributed by atoms with Crippen LogP contribution in [-0.4, -0.2) is 0 Å². The fourth-order valence-corrected chi connectivity index (χ4v) is 8.59. The lowest BCUT2D eigenvalue weighted by Gasteiger charge is -2.28. The zero-order chi connectivity index (χ0) is 31.9. The molecule has 47 heavy (non-hydrogen) atoms. The first-order valence-electron chi connectivity index (χ1n) is 17.0. The molecule has 1 nitrogen and oxygen atoms in total. The summed E-state index contributed by atoms with van der Waals surface area (Å²) in [6.07, 6.45) is 9.06. The van der Waals surface area contributed by atoms with E-state index in [0.717, 1.165) is 12.8 Å². The van der Waals surface area contributed by atoms with Gasteiger partial charge < -0.3 is 4.90 Å². The van der Waals surface area contributed by atoms with Gasteiger partial charge in [-0.1, -0.05) is 119 Å². The maximum atomic E-state index is 2.53. The fourth-order valence-electron chi connectivity index (χ4n) is 8.59. The van der Waals surface area contributed by atoms with E-state index in [1.54, 1.807) is 0 Å². The summed E-state index contributed by atoms with van der Waals surface area (Å²) >= 11 is 0. The number of anilines is 2. The van der Waals surface area contributed by atoms with Gasteiger partial charge in [0.15, 0.2) is 0 Å². The molecule has 6 aromatic carbocycles. The minimum absolute atomic E-state index is 0.0254. The molecule has 0 bridgehead atoms. The number of nitrogens with zero attached hydrogens (tertiary/aromatic N) is 1. The summed E-state index contributed by atoms with van der Waals surface area (Å²) in [4.78, 5) is 2.37. The number of benzene rings is 6. The number of fused-ring (bicyclic) bond motifs is 8. The van der Waals surface area contributed by atoms with Gasteiger partial charge in [0.25, 0.3) is 0 Å². The van der Waals surface area contributed by atoms with Crippen LogP contribution in [-0.2, 0) is 10.8 Å². The molecule has 0 fully saturated rings. The Hall–Kier alpha value is -5.14. The number of rotatable bonds is 4. The Kier molecular flexibility index (Phi) is 6.09. The molecule has 0 aliphatic heterocycles. The van der Waals surface area contributed by atoms with Crippen molar-refractivity contribution in [1.82, 2.24) is 0 Å². The van der Waals surface area contributed by atoms with Crippen molar-refractivity contribution >= 4 is 22.1 Å². The van der Waals surface area contributed by atoms with E-state index in [-0.39, 0.29) is 10.8 Å². The van der Waals surface area contributed by atoms with Gasteiger partial charge in [-0.2, -0.15) is 0 Å². The first-order valence-corrected chi connectivity index (χ1v) is 17.0. The van der Waals surface area contributed by atoms with Gasteiger partial charge in [0.05, 0.1) is 0 Å². The molecule has 0 atom stereocenters. The third kappa shape index (κ3) is 4.09. The summed E-state index contributed by atoms with van der Waals surface area (Å²) in [5.41, 5.74) is 17.3. The summed E-state index contributed by atoms with van der Waals surface area (Å²) in [6, 6.07) is 45.5. The zero-order valence-corrected chi connectivity index (χ0v) is 27.6. The maximum Gasteiger partial charge on any atom is 0.0461 e. The van der Waals surface area contributed by atoms with Crippen molar-refractivity contribution < 1.29 is 0 Å². The summed E-state index contributed by atoms with van der Waals surface area (Å²) in [5.74, 6) is 0. The average molecular weight is 606 g/mol. The lowest BCUT2D eigenvalue weighted by Crippen LogP contribution is -2.17. The molecular formula is C46H39N. The highest BCUT2D eigenvalue weighted by Gasteiger charge is 2.42. The average Bonchev–Trinajstić information content (AvgIpc) is 3.47. The van der Waals surface area contributed by atoms with Crippen LogP contribution in [0.3, 0.4) is 0 Å². The minimum Gasteiger partial charge on any atom is -0.311 e. The van der Waals surface area contributed by atoms with Crippen LogP contribution in [0.1, 0.15) is 62.8 Å². The Bertz CT molecular complexity index is 2280. The van der Waals surface area contributed by atoms with E-state index in [0.29, 0.717) is 0 Å². The third-order valence-electron chi connectivity index (χ3n) is 11.1. The van der Waals surface area contributed by atoms with Gasteiger partial charge >= 0.3 is 0 Å². The minimum atomic E-state index is -0.121. The van der Waals surface area contributed by atoms with Crippen LogP contribution in [0.5, 0.6) is 0 Å². The van der Waals surface area contributed by atoms with Crippen molar-refractivity contribution in [2.45, 2.75) is 51.4 Å². The summed E-state index contributed by atoms with van der Waals surface area (Å²) in [5, 5.41) is 2.65. The van der Waals surface area contributed by atoms with Crippen molar-refractivity contribution in [3.8, 4) is 33.4 Å². The monoisotopic (exact) mass is 605 g/mol. The van der Waals surface area contributed by atoms with Gasteiger partial charge in [-0.3, -0.25) is 0 Å². The van der Waals surface area contributed by atoms with Crippen LogP contribution in [0.2, 0.25) is 0 Å². The van der Waals surface area contributed by atoms with Crippen molar-refractivity contribution in [1.29, 1.82) is 0 Å². The lowest BCUT2D eigenvalue weighted by molar-refractivity contribution is 0.652. The maximum absolute atomic E-state index is 2.53. The van der Waals surface area contributed by atoms with Crippen LogP contribution < -0.4 is 4.90 Å². The molecular weight excluding hydrogens is 567 g/mol. The normalized spacial score (nSPS) is 16.3. The van der Waals surface area contributed by atoms with E-state index in [9.17, 15) is 0 Å². The van der Waals surface area contributed by atoms with Crippen LogP contribution in [0.15, 0.2) is 145 Å². The Labute approximate surface area is 278 Å². The molecule has 6 aromatic rings. The lowest BCUT2D eigenvalue weighted by atomic mass is 9.79. The van der Waals surface area contributed by atoms with E-state index >= 15 is 0 Å². The highest BCUT2D eigenvalue weighted by molar-refractivity contribution is 6.09. The van der Waals surface area contributed by atoms with Gasteiger partial charge in [0.1, 0.15) is 0 Å². The highest BCUT2D eigenvalue weighted by Crippen LogP contribution is 2.58. The first-order chi connectivity index (χ1) is 22.8. The molecule has 0 heterocycles. The van der Waals surface area contributed by atoms with Crippen LogP contribution >= 0.6 is 0 Å². The highest BCUT2D eigenvalue weighted by atomic mass is 15.1. The second-order valence-corrected chi connectivity index (χ2v) is 14.5. The molecule has 0 unspecified atom stereocenters. The Morgan fingerprint density at radius 1 is 0.489 bits per heavy atom. The summed E-state index contributed by atoms with van der Waals surface area (Å²) in [6.45, 7) is 9.60. The third-order valence-corrected chi connectivity index (χ3v) is 11.1. The molecule has 3 aliphatic carbocycles. The molecule has 9 rings (SSSR count). The van der Waals surface area contributed by atoms with Gasteiger partial charge in [-0.25, -0.2) is 0 Å². The van der Waals surface area contributed by atoms with E-state index < -0.39 is 0 Å².